The number of aryl methyl sites for hydroxylation is 1. The van der Waals surface area contributed by atoms with Crippen LogP contribution in [0, 0.1) is 6.92 Å². The van der Waals surface area contributed by atoms with Gasteiger partial charge in [-0.2, -0.15) is 8.42 Å². The van der Waals surface area contributed by atoms with Gasteiger partial charge in [0.25, 0.3) is 5.91 Å². The molecule has 0 N–H and O–H groups in total. The molecule has 10 heteroatoms. The second-order valence-corrected chi connectivity index (χ2v) is 10.3. The third-order valence-corrected chi connectivity index (χ3v) is 8.48. The molecule has 1 amide bonds. The van der Waals surface area contributed by atoms with Crippen LogP contribution in [0.2, 0.25) is 0 Å². The summed E-state index contributed by atoms with van der Waals surface area (Å²) in [4.78, 5) is 25.7. The summed E-state index contributed by atoms with van der Waals surface area (Å²) in [7, 11) is -2.74. The lowest BCUT2D eigenvalue weighted by atomic mass is 10.1. The molecule has 0 radical (unpaired) electrons. The maximum atomic E-state index is 13.5. The molecule has 0 saturated heterocycles. The van der Waals surface area contributed by atoms with Crippen LogP contribution in [0.4, 0.5) is 5.00 Å². The SMILES string of the molecule is COc1ccccc1CCN1c2scc(C)c2C(=O)N(CC(=O)OCc2ccccc2)S1(=O)=O. The van der Waals surface area contributed by atoms with Crippen LogP contribution in [0.1, 0.15) is 27.0 Å². The Morgan fingerprint density at radius 1 is 1.03 bits per heavy atom. The highest BCUT2D eigenvalue weighted by molar-refractivity contribution is 7.91. The Bertz CT molecular complexity index is 1300. The molecule has 2 aromatic carbocycles. The number of ether oxygens (including phenoxy) is 2. The van der Waals surface area contributed by atoms with E-state index >= 15 is 0 Å². The maximum absolute atomic E-state index is 13.5. The van der Waals surface area contributed by atoms with Gasteiger partial charge < -0.3 is 9.47 Å². The Morgan fingerprint density at radius 3 is 2.47 bits per heavy atom. The minimum absolute atomic E-state index is 0.0119. The first-order valence-corrected chi connectivity index (χ1v) is 12.8. The fraction of sp³-hybridized carbons (Fsp3) is 0.250. The number of amides is 1. The van der Waals surface area contributed by atoms with Gasteiger partial charge in [0.1, 0.15) is 23.9 Å². The number of carbonyl (C=O) groups excluding carboxylic acids is 2. The highest BCUT2D eigenvalue weighted by atomic mass is 32.2. The monoisotopic (exact) mass is 500 g/mol. The summed E-state index contributed by atoms with van der Waals surface area (Å²) in [5.41, 5.74) is 2.54. The van der Waals surface area contributed by atoms with E-state index in [1.54, 1.807) is 37.6 Å². The highest BCUT2D eigenvalue weighted by Gasteiger charge is 2.44. The van der Waals surface area contributed by atoms with Crippen molar-refractivity contribution in [1.82, 2.24) is 4.31 Å². The van der Waals surface area contributed by atoms with Crippen LogP contribution in [0.25, 0.3) is 0 Å². The quantitative estimate of drug-likeness (QED) is 0.439. The van der Waals surface area contributed by atoms with Gasteiger partial charge in [-0.15, -0.1) is 11.3 Å². The smallest absolute Gasteiger partial charge is 0.330 e. The Kier molecular flexibility index (Phi) is 6.90. The third kappa shape index (κ3) is 4.64. The number of para-hydroxylation sites is 1. The van der Waals surface area contributed by atoms with Crippen molar-refractivity contribution in [1.29, 1.82) is 0 Å². The molecule has 0 atom stereocenters. The molecule has 0 fully saturated rings. The van der Waals surface area contributed by atoms with Crippen molar-refractivity contribution in [3.05, 3.63) is 82.2 Å². The van der Waals surface area contributed by atoms with Crippen molar-refractivity contribution in [2.45, 2.75) is 20.0 Å². The van der Waals surface area contributed by atoms with Crippen LogP contribution in [0.15, 0.2) is 60.0 Å². The summed E-state index contributed by atoms with van der Waals surface area (Å²) in [6.07, 6.45) is 0.361. The van der Waals surface area contributed by atoms with Gasteiger partial charge in [0.2, 0.25) is 0 Å². The number of benzene rings is 2. The van der Waals surface area contributed by atoms with Crippen LogP contribution in [-0.2, 0) is 32.8 Å². The molecule has 1 aromatic heterocycles. The van der Waals surface area contributed by atoms with Crippen LogP contribution in [0.5, 0.6) is 5.75 Å². The number of hydrogen-bond acceptors (Lipinski definition) is 7. The maximum Gasteiger partial charge on any atom is 0.330 e. The zero-order valence-electron chi connectivity index (χ0n) is 18.8. The first-order chi connectivity index (χ1) is 16.3. The van der Waals surface area contributed by atoms with Gasteiger partial charge in [0.05, 0.1) is 12.7 Å². The summed E-state index contributed by atoms with van der Waals surface area (Å²) >= 11 is 1.19. The molecule has 34 heavy (non-hydrogen) atoms. The number of methoxy groups -OCH3 is 1. The molecule has 0 aliphatic carbocycles. The first-order valence-electron chi connectivity index (χ1n) is 10.6. The average molecular weight is 501 g/mol. The molecule has 178 valence electrons. The lowest BCUT2D eigenvalue weighted by molar-refractivity contribution is -0.144. The predicted molar refractivity (Wildman–Crippen MR) is 129 cm³/mol. The number of hydrogen-bond donors (Lipinski definition) is 0. The standard InChI is InChI=1S/C24H24N2O6S2/c1-17-16-33-24-22(17)23(28)26(14-21(27)32-15-18-8-4-3-5-9-18)34(29,30)25(24)13-12-19-10-6-7-11-20(19)31-2/h3-11,16H,12-15H2,1-2H3. The number of nitrogens with zero attached hydrogens (tertiary/aromatic N) is 2. The van der Waals surface area contributed by atoms with Crippen molar-refractivity contribution < 1.29 is 27.5 Å². The summed E-state index contributed by atoms with van der Waals surface area (Å²) in [5.74, 6) is -0.877. The van der Waals surface area contributed by atoms with Crippen LogP contribution < -0.4 is 9.04 Å². The third-order valence-electron chi connectivity index (χ3n) is 5.47. The topological polar surface area (TPSA) is 93.2 Å². The number of fused-ring (bicyclic) bond motifs is 1. The van der Waals surface area contributed by atoms with E-state index < -0.39 is 28.6 Å². The molecule has 2 heterocycles. The largest absolute Gasteiger partial charge is 0.496 e. The van der Waals surface area contributed by atoms with E-state index in [4.69, 9.17) is 9.47 Å². The Labute approximate surface area is 202 Å². The fourth-order valence-corrected chi connectivity index (χ4v) is 6.55. The summed E-state index contributed by atoms with van der Waals surface area (Å²) in [6.45, 7) is 1.11. The van der Waals surface area contributed by atoms with E-state index in [9.17, 15) is 18.0 Å². The molecular weight excluding hydrogens is 476 g/mol. The average Bonchev–Trinajstić information content (AvgIpc) is 3.22. The van der Waals surface area contributed by atoms with E-state index in [0.29, 0.717) is 27.0 Å². The molecule has 0 bridgehead atoms. The van der Waals surface area contributed by atoms with Gasteiger partial charge >= 0.3 is 16.2 Å². The van der Waals surface area contributed by atoms with Gasteiger partial charge in [-0.3, -0.25) is 9.59 Å². The molecular formula is C24H24N2O6S2. The number of carbonyl (C=O) groups is 2. The van der Waals surface area contributed by atoms with Crippen molar-refractivity contribution >= 4 is 38.4 Å². The number of rotatable bonds is 8. The normalized spacial score (nSPS) is 14.6. The Balaban J connectivity index is 1.57. The van der Waals surface area contributed by atoms with Gasteiger partial charge in [0.15, 0.2) is 0 Å². The predicted octanol–water partition coefficient (Wildman–Crippen LogP) is 3.56. The minimum atomic E-state index is -4.30. The highest BCUT2D eigenvalue weighted by Crippen LogP contribution is 2.39. The molecule has 0 unspecified atom stereocenters. The summed E-state index contributed by atoms with van der Waals surface area (Å²) in [5, 5.41) is 2.09. The second kappa shape index (κ2) is 9.86. The molecule has 1 aliphatic heterocycles. The Hall–Kier alpha value is -3.37. The lowest BCUT2D eigenvalue weighted by Crippen LogP contribution is -2.53. The van der Waals surface area contributed by atoms with E-state index in [-0.39, 0.29) is 18.7 Å². The fourth-order valence-electron chi connectivity index (χ4n) is 3.73. The zero-order chi connectivity index (χ0) is 24.3. The molecule has 3 aromatic rings. The number of thiophene rings is 1. The Morgan fingerprint density at radius 2 is 1.74 bits per heavy atom. The van der Waals surface area contributed by atoms with Crippen molar-refractivity contribution in [3.8, 4) is 5.75 Å². The minimum Gasteiger partial charge on any atom is -0.496 e. The molecule has 0 spiro atoms. The van der Waals surface area contributed by atoms with Crippen molar-refractivity contribution in [3.63, 3.8) is 0 Å². The second-order valence-electron chi connectivity index (χ2n) is 7.70. The van der Waals surface area contributed by atoms with Crippen LogP contribution in [0.3, 0.4) is 0 Å². The van der Waals surface area contributed by atoms with Gasteiger partial charge in [-0.05, 0) is 41.5 Å². The lowest BCUT2D eigenvalue weighted by Gasteiger charge is -2.35. The van der Waals surface area contributed by atoms with E-state index in [0.717, 1.165) is 11.1 Å². The molecule has 0 saturated carbocycles. The van der Waals surface area contributed by atoms with Crippen molar-refractivity contribution in [2.75, 3.05) is 24.5 Å². The van der Waals surface area contributed by atoms with Crippen LogP contribution in [-0.4, -0.2) is 44.8 Å². The summed E-state index contributed by atoms with van der Waals surface area (Å²) < 4.78 is 39.4. The molecule has 1 aliphatic rings. The number of esters is 1. The van der Waals surface area contributed by atoms with E-state index in [1.807, 2.05) is 36.4 Å². The number of anilines is 1. The molecule has 4 rings (SSSR count). The zero-order valence-corrected chi connectivity index (χ0v) is 20.4. The van der Waals surface area contributed by atoms with Gasteiger partial charge in [0, 0.05) is 6.54 Å². The van der Waals surface area contributed by atoms with Gasteiger partial charge in [-0.1, -0.05) is 48.5 Å². The molecule has 8 nitrogen and oxygen atoms in total. The van der Waals surface area contributed by atoms with Crippen molar-refractivity contribution in [2.24, 2.45) is 0 Å². The van der Waals surface area contributed by atoms with E-state index in [1.165, 1.54) is 15.6 Å². The first kappa shape index (κ1) is 23.8. The van der Waals surface area contributed by atoms with E-state index in [2.05, 4.69) is 0 Å². The summed E-state index contributed by atoms with van der Waals surface area (Å²) in [6, 6.07) is 16.4. The van der Waals surface area contributed by atoms with Gasteiger partial charge in [-0.25, -0.2) is 8.61 Å². The van der Waals surface area contributed by atoms with Crippen LogP contribution >= 0.6 is 11.3 Å².